The van der Waals surface area contributed by atoms with Crippen LogP contribution >= 0.6 is 11.6 Å². The molecule has 1 N–H and O–H groups in total. The second-order valence-corrected chi connectivity index (χ2v) is 8.62. The van der Waals surface area contributed by atoms with Crippen LogP contribution in [0.3, 0.4) is 0 Å². The number of hydrogen-bond donors (Lipinski definition) is 1. The van der Waals surface area contributed by atoms with E-state index in [-0.39, 0.29) is 12.5 Å². The number of rotatable bonds is 7. The molecule has 33 heavy (non-hydrogen) atoms. The molecule has 0 atom stereocenters. The summed E-state index contributed by atoms with van der Waals surface area (Å²) in [5.41, 5.74) is 5.07. The molecule has 170 valence electrons. The highest BCUT2D eigenvalue weighted by Gasteiger charge is 2.26. The lowest BCUT2D eigenvalue weighted by Crippen LogP contribution is -2.30. The summed E-state index contributed by atoms with van der Waals surface area (Å²) in [5, 5.41) is 4.22. The van der Waals surface area contributed by atoms with Gasteiger partial charge in [-0.2, -0.15) is 0 Å². The number of fused-ring (bicyclic) bond motifs is 2. The Labute approximate surface area is 198 Å². The number of esters is 1. The third-order valence-corrected chi connectivity index (χ3v) is 6.02. The first kappa shape index (κ1) is 23.0. The standard InChI is InChI=1S/C27H27ClN2O3/c1-2-3-15-29-24(31)17-33-27(32)25-21-8-4-5-10-23(21)30-26-19(7-6-9-22(25)26)16-18-11-13-20(28)14-12-18/h4-5,8,10-14,16H,2-3,6-7,9,15,17H2,1H3,(H,29,31)/b19-16-. The number of pyridine rings is 1. The van der Waals surface area contributed by atoms with Gasteiger partial charge in [0.05, 0.1) is 16.8 Å². The normalized spacial score (nSPS) is 14.2. The summed E-state index contributed by atoms with van der Waals surface area (Å²) in [7, 11) is 0. The van der Waals surface area contributed by atoms with Crippen molar-refractivity contribution in [1.82, 2.24) is 10.3 Å². The zero-order valence-corrected chi connectivity index (χ0v) is 19.5. The zero-order valence-electron chi connectivity index (χ0n) is 18.7. The zero-order chi connectivity index (χ0) is 23.2. The van der Waals surface area contributed by atoms with Gasteiger partial charge in [-0.1, -0.05) is 55.3 Å². The molecule has 0 saturated heterocycles. The highest BCUT2D eigenvalue weighted by atomic mass is 35.5. The van der Waals surface area contributed by atoms with Gasteiger partial charge in [-0.25, -0.2) is 9.78 Å². The van der Waals surface area contributed by atoms with Crippen LogP contribution in [-0.4, -0.2) is 30.0 Å². The fourth-order valence-electron chi connectivity index (χ4n) is 4.13. The van der Waals surface area contributed by atoms with E-state index < -0.39 is 5.97 Å². The highest BCUT2D eigenvalue weighted by Crippen LogP contribution is 2.36. The van der Waals surface area contributed by atoms with Crippen LogP contribution in [0, 0.1) is 0 Å². The molecule has 5 nitrogen and oxygen atoms in total. The van der Waals surface area contributed by atoms with Crippen LogP contribution in [0.4, 0.5) is 0 Å². The Morgan fingerprint density at radius 3 is 2.70 bits per heavy atom. The molecule has 0 aliphatic heterocycles. The topological polar surface area (TPSA) is 68.3 Å². The summed E-state index contributed by atoms with van der Waals surface area (Å²) in [5.74, 6) is -0.768. The van der Waals surface area contributed by atoms with Crippen LogP contribution in [-0.2, 0) is 16.0 Å². The van der Waals surface area contributed by atoms with Gasteiger partial charge in [-0.3, -0.25) is 4.79 Å². The Balaban J connectivity index is 1.69. The quantitative estimate of drug-likeness (QED) is 0.354. The first-order chi connectivity index (χ1) is 16.1. The van der Waals surface area contributed by atoms with E-state index >= 15 is 0 Å². The summed E-state index contributed by atoms with van der Waals surface area (Å²) < 4.78 is 5.45. The third-order valence-electron chi connectivity index (χ3n) is 5.77. The molecule has 1 aromatic heterocycles. The minimum atomic E-state index is -0.483. The molecular weight excluding hydrogens is 436 g/mol. The molecule has 0 fully saturated rings. The van der Waals surface area contributed by atoms with Crippen molar-refractivity contribution in [1.29, 1.82) is 0 Å². The number of unbranched alkanes of at least 4 members (excludes halogenated alkanes) is 1. The maximum absolute atomic E-state index is 13.2. The predicted molar refractivity (Wildman–Crippen MR) is 132 cm³/mol. The van der Waals surface area contributed by atoms with E-state index in [0.717, 1.165) is 65.4 Å². The van der Waals surface area contributed by atoms with Crippen LogP contribution in [0.1, 0.15) is 59.8 Å². The minimum Gasteiger partial charge on any atom is -0.452 e. The number of allylic oxidation sites excluding steroid dienone is 1. The molecule has 4 rings (SSSR count). The summed E-state index contributed by atoms with van der Waals surface area (Å²) in [6, 6.07) is 15.2. The molecule has 3 aromatic rings. The number of hydrogen-bond acceptors (Lipinski definition) is 4. The summed E-state index contributed by atoms with van der Waals surface area (Å²) in [6.45, 7) is 2.35. The van der Waals surface area contributed by atoms with Gasteiger partial charge in [0.1, 0.15) is 0 Å². The van der Waals surface area contributed by atoms with Crippen LogP contribution in [0.2, 0.25) is 5.02 Å². The van der Waals surface area contributed by atoms with E-state index in [9.17, 15) is 9.59 Å². The fourth-order valence-corrected chi connectivity index (χ4v) is 4.25. The van der Waals surface area contributed by atoms with Crippen molar-refractivity contribution < 1.29 is 14.3 Å². The summed E-state index contributed by atoms with van der Waals surface area (Å²) in [4.78, 5) is 30.2. The van der Waals surface area contributed by atoms with Crippen LogP contribution in [0.15, 0.2) is 48.5 Å². The number of ether oxygens (including phenoxy) is 1. The van der Waals surface area contributed by atoms with Crippen molar-refractivity contribution >= 4 is 46.0 Å². The van der Waals surface area contributed by atoms with Crippen LogP contribution < -0.4 is 5.32 Å². The molecular formula is C27H27ClN2O3. The maximum atomic E-state index is 13.2. The van der Waals surface area contributed by atoms with Gasteiger partial charge in [0.15, 0.2) is 6.61 Å². The molecule has 0 radical (unpaired) electrons. The molecule has 0 unspecified atom stereocenters. The lowest BCUT2D eigenvalue weighted by atomic mass is 9.86. The molecule has 2 aromatic carbocycles. The lowest BCUT2D eigenvalue weighted by Gasteiger charge is -2.22. The van der Waals surface area contributed by atoms with Crippen molar-refractivity contribution in [3.05, 3.63) is 75.9 Å². The van der Waals surface area contributed by atoms with E-state index in [1.165, 1.54) is 0 Å². The Bertz CT molecular complexity index is 1200. The second-order valence-electron chi connectivity index (χ2n) is 8.19. The molecule has 1 heterocycles. The van der Waals surface area contributed by atoms with Gasteiger partial charge in [0.25, 0.3) is 5.91 Å². The third kappa shape index (κ3) is 5.42. The number of nitrogens with zero attached hydrogens (tertiary/aromatic N) is 1. The predicted octanol–water partition coefficient (Wildman–Crippen LogP) is 5.84. The highest BCUT2D eigenvalue weighted by molar-refractivity contribution is 6.30. The van der Waals surface area contributed by atoms with Gasteiger partial charge in [-0.05, 0) is 66.7 Å². The smallest absolute Gasteiger partial charge is 0.339 e. The van der Waals surface area contributed by atoms with Crippen LogP contribution in [0.5, 0.6) is 0 Å². The Morgan fingerprint density at radius 2 is 1.91 bits per heavy atom. The Kier molecular flexibility index (Phi) is 7.40. The number of halogens is 1. The lowest BCUT2D eigenvalue weighted by molar-refractivity contribution is -0.124. The first-order valence-electron chi connectivity index (χ1n) is 11.4. The van der Waals surface area contributed by atoms with Crippen molar-refractivity contribution in [3.63, 3.8) is 0 Å². The monoisotopic (exact) mass is 462 g/mol. The second kappa shape index (κ2) is 10.6. The first-order valence-corrected chi connectivity index (χ1v) is 11.8. The molecule has 1 aliphatic carbocycles. The Morgan fingerprint density at radius 1 is 1.12 bits per heavy atom. The van der Waals surface area contributed by atoms with E-state index in [2.05, 4.69) is 18.3 Å². The van der Waals surface area contributed by atoms with E-state index in [0.29, 0.717) is 17.1 Å². The van der Waals surface area contributed by atoms with Crippen molar-refractivity contribution in [2.45, 2.75) is 39.0 Å². The van der Waals surface area contributed by atoms with E-state index in [1.54, 1.807) is 0 Å². The summed E-state index contributed by atoms with van der Waals surface area (Å²) >= 11 is 6.03. The fraction of sp³-hybridized carbons (Fsp3) is 0.296. The van der Waals surface area contributed by atoms with Gasteiger partial charge in [-0.15, -0.1) is 0 Å². The average Bonchev–Trinajstić information content (AvgIpc) is 2.83. The van der Waals surface area contributed by atoms with Gasteiger partial charge < -0.3 is 10.1 Å². The number of aromatic nitrogens is 1. The van der Waals surface area contributed by atoms with Crippen molar-refractivity contribution in [2.24, 2.45) is 0 Å². The minimum absolute atomic E-state index is 0.285. The molecule has 0 saturated carbocycles. The van der Waals surface area contributed by atoms with Crippen LogP contribution in [0.25, 0.3) is 22.6 Å². The number of benzene rings is 2. The molecule has 1 aliphatic rings. The average molecular weight is 463 g/mol. The number of nitrogens with one attached hydrogen (secondary N) is 1. The van der Waals surface area contributed by atoms with Gasteiger partial charge in [0, 0.05) is 17.0 Å². The number of carbonyl (C=O) groups excluding carboxylic acids is 2. The Hall–Kier alpha value is -3.18. The SMILES string of the molecule is CCCCNC(=O)COC(=O)c1c2c(nc3ccccc13)/C(=C\c1ccc(Cl)cc1)CCC2. The molecule has 6 heteroatoms. The maximum Gasteiger partial charge on any atom is 0.339 e. The van der Waals surface area contributed by atoms with Crippen molar-refractivity contribution in [2.75, 3.05) is 13.2 Å². The van der Waals surface area contributed by atoms with E-state index in [1.807, 2.05) is 48.5 Å². The van der Waals surface area contributed by atoms with Crippen molar-refractivity contribution in [3.8, 4) is 0 Å². The molecule has 0 spiro atoms. The number of amides is 1. The largest absolute Gasteiger partial charge is 0.452 e. The van der Waals surface area contributed by atoms with Gasteiger partial charge in [0.2, 0.25) is 0 Å². The molecule has 0 bridgehead atoms. The number of para-hydroxylation sites is 1. The van der Waals surface area contributed by atoms with E-state index in [4.69, 9.17) is 21.3 Å². The van der Waals surface area contributed by atoms with Gasteiger partial charge >= 0.3 is 5.97 Å². The molecule has 1 amide bonds. The summed E-state index contributed by atoms with van der Waals surface area (Å²) in [6.07, 6.45) is 6.50. The number of carbonyl (C=O) groups is 2.